The molecule has 0 bridgehead atoms. The first-order chi connectivity index (χ1) is 8.71. The molecule has 0 saturated heterocycles. The number of hydrogen-bond donors (Lipinski definition) is 2. The maximum absolute atomic E-state index is 12.4. The number of carbonyl (C=O) groups is 1. The van der Waals surface area contributed by atoms with E-state index >= 15 is 0 Å². The molecule has 0 spiro atoms. The largest absolute Gasteiger partial charge is 0.396 e. The normalized spacial score (nSPS) is 24.8. The van der Waals surface area contributed by atoms with E-state index in [1.165, 1.54) is 5.01 Å². The van der Waals surface area contributed by atoms with Gasteiger partial charge in [-0.25, -0.2) is 5.01 Å². The van der Waals surface area contributed by atoms with Crippen LogP contribution >= 0.6 is 0 Å². The quantitative estimate of drug-likeness (QED) is 0.589. The van der Waals surface area contributed by atoms with Gasteiger partial charge in [0.25, 0.3) is 5.91 Å². The van der Waals surface area contributed by atoms with Crippen LogP contribution in [0.1, 0.15) is 34.6 Å². The second kappa shape index (κ2) is 5.26. The molecule has 2 N–H and O–H groups in total. The molecule has 1 unspecified atom stereocenters. The van der Waals surface area contributed by atoms with Crippen molar-refractivity contribution in [2.45, 2.75) is 40.2 Å². The van der Waals surface area contributed by atoms with Gasteiger partial charge in [0, 0.05) is 12.5 Å². The molecule has 0 fully saturated rings. The van der Waals surface area contributed by atoms with Crippen molar-refractivity contribution in [3.63, 3.8) is 0 Å². The van der Waals surface area contributed by atoms with E-state index in [9.17, 15) is 10.0 Å². The SMILES string of the molecule is CCO/N=C(/C)C1(NO)C(=O)N(C)N=C1C(C)(C)C. The average molecular weight is 270 g/mol. The Bertz CT molecular complexity index is 425. The molecule has 1 atom stereocenters. The Morgan fingerprint density at radius 3 is 2.58 bits per heavy atom. The standard InChI is InChI=1S/C12H22N4O3/c1-7-19-14-8(2)12(15-18)9(11(3,4)5)13-16(6)10(12)17/h15,18H,7H2,1-6H3/b14-8-. The van der Waals surface area contributed by atoms with Crippen LogP contribution in [0.25, 0.3) is 0 Å². The van der Waals surface area contributed by atoms with Crippen LogP contribution in [-0.4, -0.2) is 46.7 Å². The number of nitrogens with zero attached hydrogens (tertiary/aromatic N) is 3. The molecule has 0 saturated carbocycles. The van der Waals surface area contributed by atoms with E-state index in [1.807, 2.05) is 20.8 Å². The van der Waals surface area contributed by atoms with E-state index in [0.717, 1.165) is 0 Å². The zero-order valence-electron chi connectivity index (χ0n) is 12.3. The lowest BCUT2D eigenvalue weighted by atomic mass is 9.75. The molecule has 0 aromatic carbocycles. The van der Waals surface area contributed by atoms with Crippen LogP contribution in [0.2, 0.25) is 0 Å². The van der Waals surface area contributed by atoms with Gasteiger partial charge in [0.2, 0.25) is 5.54 Å². The van der Waals surface area contributed by atoms with Crippen molar-refractivity contribution < 1.29 is 14.8 Å². The second-order valence-electron chi connectivity index (χ2n) is 5.48. The Morgan fingerprint density at radius 1 is 1.58 bits per heavy atom. The fourth-order valence-corrected chi connectivity index (χ4v) is 2.06. The molecule has 0 aliphatic carbocycles. The van der Waals surface area contributed by atoms with Crippen molar-refractivity contribution in [3.8, 4) is 0 Å². The minimum Gasteiger partial charge on any atom is -0.396 e. The summed E-state index contributed by atoms with van der Waals surface area (Å²) >= 11 is 0. The van der Waals surface area contributed by atoms with E-state index in [0.29, 0.717) is 18.0 Å². The lowest BCUT2D eigenvalue weighted by Crippen LogP contribution is -2.63. The summed E-state index contributed by atoms with van der Waals surface area (Å²) in [4.78, 5) is 17.4. The monoisotopic (exact) mass is 270 g/mol. The molecule has 1 amide bonds. The lowest BCUT2D eigenvalue weighted by molar-refractivity contribution is -0.133. The zero-order valence-corrected chi connectivity index (χ0v) is 12.3. The van der Waals surface area contributed by atoms with Gasteiger partial charge in [-0.3, -0.25) is 4.79 Å². The maximum atomic E-state index is 12.4. The molecule has 0 aromatic rings. The van der Waals surface area contributed by atoms with Gasteiger partial charge in [-0.1, -0.05) is 25.9 Å². The summed E-state index contributed by atoms with van der Waals surface area (Å²) in [6.45, 7) is 9.54. The van der Waals surface area contributed by atoms with Crippen molar-refractivity contribution in [2.75, 3.05) is 13.7 Å². The molecule has 0 aromatic heterocycles. The number of carbonyl (C=O) groups excluding carboxylic acids is 1. The summed E-state index contributed by atoms with van der Waals surface area (Å²) in [6.07, 6.45) is 0. The summed E-state index contributed by atoms with van der Waals surface area (Å²) in [5.41, 5.74) is 1.03. The van der Waals surface area contributed by atoms with Gasteiger partial charge in [0.05, 0.1) is 11.4 Å². The number of rotatable bonds is 4. The Morgan fingerprint density at radius 2 is 2.16 bits per heavy atom. The van der Waals surface area contributed by atoms with Crippen LogP contribution < -0.4 is 5.48 Å². The molecule has 0 radical (unpaired) electrons. The van der Waals surface area contributed by atoms with Gasteiger partial charge in [-0.2, -0.15) is 10.6 Å². The van der Waals surface area contributed by atoms with Gasteiger partial charge in [-0.15, -0.1) is 0 Å². The molecular weight excluding hydrogens is 248 g/mol. The first-order valence-corrected chi connectivity index (χ1v) is 6.17. The molecule has 1 aliphatic rings. The van der Waals surface area contributed by atoms with Crippen molar-refractivity contribution in [3.05, 3.63) is 0 Å². The topological polar surface area (TPSA) is 86.5 Å². The third-order valence-electron chi connectivity index (χ3n) is 2.97. The predicted molar refractivity (Wildman–Crippen MR) is 72.0 cm³/mol. The van der Waals surface area contributed by atoms with Gasteiger partial charge in [0.15, 0.2) is 0 Å². The fourth-order valence-electron chi connectivity index (χ4n) is 2.06. The van der Waals surface area contributed by atoms with Crippen LogP contribution in [-0.2, 0) is 9.63 Å². The van der Waals surface area contributed by atoms with E-state index in [4.69, 9.17) is 4.84 Å². The molecule has 7 heteroatoms. The Kier molecular flexibility index (Phi) is 4.32. The highest BCUT2D eigenvalue weighted by Gasteiger charge is 2.56. The Labute approximate surface area is 113 Å². The predicted octanol–water partition coefficient (Wildman–Crippen LogP) is 0.990. The summed E-state index contributed by atoms with van der Waals surface area (Å²) in [7, 11) is 1.54. The van der Waals surface area contributed by atoms with Crippen LogP contribution in [0, 0.1) is 5.41 Å². The number of oxime groups is 1. The van der Waals surface area contributed by atoms with Crippen LogP contribution in [0.5, 0.6) is 0 Å². The molecule has 1 rings (SSSR count). The van der Waals surface area contributed by atoms with Gasteiger partial charge in [-0.05, 0) is 13.8 Å². The summed E-state index contributed by atoms with van der Waals surface area (Å²) in [5.74, 6) is -0.388. The van der Waals surface area contributed by atoms with Crippen LogP contribution in [0.4, 0.5) is 0 Å². The lowest BCUT2D eigenvalue weighted by Gasteiger charge is -2.32. The van der Waals surface area contributed by atoms with Crippen LogP contribution in [0.3, 0.4) is 0 Å². The van der Waals surface area contributed by atoms with Gasteiger partial charge >= 0.3 is 0 Å². The van der Waals surface area contributed by atoms with Gasteiger partial charge < -0.3 is 10.0 Å². The number of hydroxylamine groups is 1. The highest BCUT2D eigenvalue weighted by molar-refractivity contribution is 6.34. The molecule has 7 nitrogen and oxygen atoms in total. The fraction of sp³-hybridized carbons (Fsp3) is 0.750. The highest BCUT2D eigenvalue weighted by Crippen LogP contribution is 2.32. The number of hydrazone groups is 1. The van der Waals surface area contributed by atoms with Crippen molar-refractivity contribution in [1.82, 2.24) is 10.5 Å². The van der Waals surface area contributed by atoms with E-state index in [-0.39, 0.29) is 5.91 Å². The zero-order chi connectivity index (χ0) is 14.8. The van der Waals surface area contributed by atoms with E-state index in [2.05, 4.69) is 15.7 Å². The smallest absolute Gasteiger partial charge is 0.276 e. The molecule has 19 heavy (non-hydrogen) atoms. The Hall–Kier alpha value is -1.47. The maximum Gasteiger partial charge on any atom is 0.276 e. The molecular formula is C12H22N4O3. The second-order valence-corrected chi connectivity index (χ2v) is 5.48. The first kappa shape index (κ1) is 15.6. The summed E-state index contributed by atoms with van der Waals surface area (Å²) in [6, 6.07) is 0. The minimum absolute atomic E-state index is 0.319. The average Bonchev–Trinajstić information content (AvgIpc) is 2.60. The number of nitrogens with one attached hydrogen (secondary N) is 1. The van der Waals surface area contributed by atoms with Crippen molar-refractivity contribution >= 4 is 17.3 Å². The third-order valence-corrected chi connectivity index (χ3v) is 2.97. The van der Waals surface area contributed by atoms with Crippen molar-refractivity contribution in [1.29, 1.82) is 0 Å². The Balaban J connectivity index is 3.37. The minimum atomic E-state index is -1.46. The van der Waals surface area contributed by atoms with E-state index in [1.54, 1.807) is 20.9 Å². The number of amides is 1. The van der Waals surface area contributed by atoms with Crippen LogP contribution in [0.15, 0.2) is 10.3 Å². The summed E-state index contributed by atoms with van der Waals surface area (Å²) < 4.78 is 0. The van der Waals surface area contributed by atoms with E-state index < -0.39 is 11.0 Å². The van der Waals surface area contributed by atoms with Crippen molar-refractivity contribution in [2.24, 2.45) is 15.7 Å². The molecule has 1 aliphatic heterocycles. The summed E-state index contributed by atoms with van der Waals surface area (Å²) in [5, 5.41) is 18.9. The third kappa shape index (κ3) is 2.48. The number of hydrogen-bond acceptors (Lipinski definition) is 6. The molecule has 1 heterocycles. The number of likely N-dealkylation sites (N-methyl/N-ethyl adjacent to an activating group) is 1. The first-order valence-electron chi connectivity index (χ1n) is 6.17. The molecule has 108 valence electrons. The van der Waals surface area contributed by atoms with Gasteiger partial charge in [0.1, 0.15) is 6.61 Å². The highest BCUT2D eigenvalue weighted by atomic mass is 16.6.